The molecule has 0 saturated carbocycles. The molecule has 0 unspecified atom stereocenters. The van der Waals surface area contributed by atoms with E-state index in [1.165, 1.54) is 15.9 Å². The minimum absolute atomic E-state index is 0.0846. The van der Waals surface area contributed by atoms with Crippen molar-refractivity contribution in [3.8, 4) is 6.07 Å². The standard InChI is InChI=1S/C34H30F2N4O3/c1-21-15-16-39(30(33(38)42)19-25-7-4-6-24-5-2-3-8-27(24)25)34(43)32(26-13-14-28(35)29(36)18-26)40(21)31(41)17-22-9-11-23(20-37)12-10-22/h2-14,18,21,30,32H,15-17,19H2,1H3,(H2,38,42)/t21-,30-,32+/m1/s1. The van der Waals surface area contributed by atoms with Crippen molar-refractivity contribution in [1.82, 2.24) is 9.80 Å². The summed E-state index contributed by atoms with van der Waals surface area (Å²) in [5, 5.41) is 11.0. The van der Waals surface area contributed by atoms with E-state index in [-0.39, 0.29) is 24.9 Å². The highest BCUT2D eigenvalue weighted by Gasteiger charge is 2.43. The van der Waals surface area contributed by atoms with Crippen molar-refractivity contribution in [3.05, 3.63) is 119 Å². The number of nitrogens with zero attached hydrogens (tertiary/aromatic N) is 3. The van der Waals surface area contributed by atoms with E-state index in [0.29, 0.717) is 17.5 Å². The van der Waals surface area contributed by atoms with E-state index in [4.69, 9.17) is 11.0 Å². The Balaban J connectivity index is 1.54. The number of carbonyl (C=O) groups is 3. The molecule has 1 saturated heterocycles. The summed E-state index contributed by atoms with van der Waals surface area (Å²) in [6, 6.07) is 22.2. The van der Waals surface area contributed by atoms with Crippen molar-refractivity contribution in [1.29, 1.82) is 5.26 Å². The van der Waals surface area contributed by atoms with Crippen molar-refractivity contribution in [2.24, 2.45) is 5.73 Å². The Morgan fingerprint density at radius 1 is 1.00 bits per heavy atom. The van der Waals surface area contributed by atoms with E-state index < -0.39 is 47.5 Å². The van der Waals surface area contributed by atoms with Crippen molar-refractivity contribution >= 4 is 28.5 Å². The summed E-state index contributed by atoms with van der Waals surface area (Å²) in [6.07, 6.45) is 0.379. The number of nitrogens with two attached hydrogens (primary N) is 1. The Kier molecular flexibility index (Phi) is 8.48. The second kappa shape index (κ2) is 12.4. The fourth-order valence-electron chi connectivity index (χ4n) is 5.80. The van der Waals surface area contributed by atoms with E-state index >= 15 is 0 Å². The number of benzene rings is 4. The lowest BCUT2D eigenvalue weighted by Crippen LogP contribution is -2.52. The molecule has 4 aromatic carbocycles. The molecule has 1 aliphatic heterocycles. The molecule has 0 radical (unpaired) electrons. The van der Waals surface area contributed by atoms with Gasteiger partial charge in [-0.05, 0) is 65.1 Å². The molecule has 1 fully saturated rings. The molecule has 5 rings (SSSR count). The summed E-state index contributed by atoms with van der Waals surface area (Å²) in [6.45, 7) is 1.91. The van der Waals surface area contributed by atoms with Gasteiger partial charge in [-0.25, -0.2) is 8.78 Å². The summed E-state index contributed by atoms with van der Waals surface area (Å²) in [4.78, 5) is 44.0. The molecule has 0 bridgehead atoms. The molecule has 1 aliphatic rings. The molecule has 43 heavy (non-hydrogen) atoms. The lowest BCUT2D eigenvalue weighted by atomic mass is 9.96. The predicted molar refractivity (Wildman–Crippen MR) is 157 cm³/mol. The van der Waals surface area contributed by atoms with Crippen LogP contribution in [0.25, 0.3) is 10.8 Å². The van der Waals surface area contributed by atoms with Crippen molar-refractivity contribution in [3.63, 3.8) is 0 Å². The summed E-state index contributed by atoms with van der Waals surface area (Å²) in [5.41, 5.74) is 7.88. The average molecular weight is 581 g/mol. The van der Waals surface area contributed by atoms with Gasteiger partial charge in [-0.15, -0.1) is 0 Å². The number of halogens is 2. The van der Waals surface area contributed by atoms with Crippen LogP contribution in [0.3, 0.4) is 0 Å². The zero-order valence-electron chi connectivity index (χ0n) is 23.5. The Morgan fingerprint density at radius 3 is 2.42 bits per heavy atom. The van der Waals surface area contributed by atoms with Gasteiger partial charge in [0.2, 0.25) is 11.8 Å². The number of carbonyl (C=O) groups excluding carboxylic acids is 3. The molecule has 0 spiro atoms. The minimum atomic E-state index is -1.33. The van der Waals surface area contributed by atoms with E-state index in [0.717, 1.165) is 28.5 Å². The molecular formula is C34H30F2N4O3. The third kappa shape index (κ3) is 6.09. The topological polar surface area (TPSA) is 108 Å². The van der Waals surface area contributed by atoms with Crippen LogP contribution < -0.4 is 5.73 Å². The van der Waals surface area contributed by atoms with Gasteiger partial charge in [0.1, 0.15) is 12.1 Å². The van der Waals surface area contributed by atoms with Crippen LogP contribution in [-0.4, -0.2) is 46.1 Å². The van der Waals surface area contributed by atoms with Gasteiger partial charge in [0.05, 0.1) is 18.1 Å². The number of hydrogen-bond donors (Lipinski definition) is 1. The Labute approximate surface area is 248 Å². The lowest BCUT2D eigenvalue weighted by Gasteiger charge is -2.36. The van der Waals surface area contributed by atoms with Gasteiger partial charge in [-0.1, -0.05) is 60.7 Å². The summed E-state index contributed by atoms with van der Waals surface area (Å²) >= 11 is 0. The fourth-order valence-corrected chi connectivity index (χ4v) is 5.80. The van der Waals surface area contributed by atoms with Crippen molar-refractivity contribution in [2.45, 2.75) is 44.3 Å². The van der Waals surface area contributed by atoms with Crippen LogP contribution in [0, 0.1) is 23.0 Å². The Morgan fingerprint density at radius 2 is 1.72 bits per heavy atom. The molecule has 9 heteroatoms. The van der Waals surface area contributed by atoms with Gasteiger partial charge in [-0.3, -0.25) is 14.4 Å². The van der Waals surface area contributed by atoms with Gasteiger partial charge in [-0.2, -0.15) is 5.26 Å². The maximum atomic E-state index is 14.5. The number of rotatable bonds is 7. The molecule has 1 heterocycles. The monoisotopic (exact) mass is 580 g/mol. The van der Waals surface area contributed by atoms with Crippen molar-refractivity contribution in [2.75, 3.05) is 6.54 Å². The smallest absolute Gasteiger partial charge is 0.250 e. The second-order valence-electron chi connectivity index (χ2n) is 10.8. The van der Waals surface area contributed by atoms with E-state index in [9.17, 15) is 23.2 Å². The van der Waals surface area contributed by atoms with Crippen LogP contribution in [0.2, 0.25) is 0 Å². The highest BCUT2D eigenvalue weighted by molar-refractivity contribution is 5.94. The van der Waals surface area contributed by atoms with E-state index in [2.05, 4.69) is 0 Å². The van der Waals surface area contributed by atoms with Crippen LogP contribution in [-0.2, 0) is 27.2 Å². The number of fused-ring (bicyclic) bond motifs is 1. The number of nitriles is 1. The quantitative estimate of drug-likeness (QED) is 0.338. The zero-order valence-corrected chi connectivity index (χ0v) is 23.5. The van der Waals surface area contributed by atoms with Crippen molar-refractivity contribution < 1.29 is 23.2 Å². The summed E-state index contributed by atoms with van der Waals surface area (Å²) < 4.78 is 28.5. The molecule has 0 aliphatic carbocycles. The van der Waals surface area contributed by atoms with Crippen LogP contribution >= 0.6 is 0 Å². The van der Waals surface area contributed by atoms with Crippen LogP contribution in [0.1, 0.15) is 41.6 Å². The number of primary amides is 1. The molecule has 218 valence electrons. The first-order chi connectivity index (χ1) is 20.7. The van der Waals surface area contributed by atoms with E-state index in [1.807, 2.05) is 48.5 Å². The Bertz CT molecular complexity index is 1730. The lowest BCUT2D eigenvalue weighted by molar-refractivity contribution is -0.148. The molecule has 3 atom stereocenters. The van der Waals surface area contributed by atoms with E-state index in [1.54, 1.807) is 31.2 Å². The highest BCUT2D eigenvalue weighted by Crippen LogP contribution is 2.33. The van der Waals surface area contributed by atoms with Gasteiger partial charge in [0.15, 0.2) is 11.6 Å². The number of hydrogen-bond acceptors (Lipinski definition) is 4. The highest BCUT2D eigenvalue weighted by atomic mass is 19.2. The summed E-state index contributed by atoms with van der Waals surface area (Å²) in [5.74, 6) is -3.97. The largest absolute Gasteiger partial charge is 0.368 e. The molecular weight excluding hydrogens is 550 g/mol. The fraction of sp³-hybridized carbons (Fsp3) is 0.235. The molecule has 0 aromatic heterocycles. The normalized spacial score (nSPS) is 17.8. The number of amides is 3. The first kappa shape index (κ1) is 29.4. The predicted octanol–water partition coefficient (Wildman–Crippen LogP) is 4.82. The third-order valence-electron chi connectivity index (χ3n) is 8.04. The van der Waals surface area contributed by atoms with Gasteiger partial charge in [0, 0.05) is 19.0 Å². The van der Waals surface area contributed by atoms with Crippen LogP contribution in [0.4, 0.5) is 8.78 Å². The van der Waals surface area contributed by atoms with Crippen LogP contribution in [0.15, 0.2) is 84.9 Å². The minimum Gasteiger partial charge on any atom is -0.368 e. The molecule has 4 aromatic rings. The molecule has 3 amide bonds. The van der Waals surface area contributed by atoms with Gasteiger partial charge < -0.3 is 15.5 Å². The average Bonchev–Trinajstić information content (AvgIpc) is 3.13. The second-order valence-corrected chi connectivity index (χ2v) is 10.8. The SMILES string of the molecule is C[C@@H]1CCN([C@H](Cc2cccc3ccccc23)C(N)=O)C(=O)[C@H](c2ccc(F)c(F)c2)N1C(=O)Cc1ccc(C#N)cc1. The van der Waals surface area contributed by atoms with Crippen LogP contribution in [0.5, 0.6) is 0 Å². The first-order valence-electron chi connectivity index (χ1n) is 14.0. The maximum Gasteiger partial charge on any atom is 0.250 e. The maximum absolute atomic E-state index is 14.5. The zero-order chi connectivity index (χ0) is 30.7. The molecule has 2 N–H and O–H groups in total. The Hall–Kier alpha value is -5.10. The first-order valence-corrected chi connectivity index (χ1v) is 14.0. The van der Waals surface area contributed by atoms with Gasteiger partial charge in [0.25, 0.3) is 5.91 Å². The third-order valence-corrected chi connectivity index (χ3v) is 8.04. The summed E-state index contributed by atoms with van der Waals surface area (Å²) in [7, 11) is 0. The van der Waals surface area contributed by atoms with Gasteiger partial charge >= 0.3 is 0 Å². The molecule has 7 nitrogen and oxygen atoms in total.